The van der Waals surface area contributed by atoms with Crippen LogP contribution in [0.15, 0.2) is 42.6 Å². The summed E-state index contributed by atoms with van der Waals surface area (Å²) < 4.78 is 2.65. The van der Waals surface area contributed by atoms with Gasteiger partial charge in [-0.3, -0.25) is 4.68 Å². The van der Waals surface area contributed by atoms with E-state index in [9.17, 15) is 5.11 Å². The van der Waals surface area contributed by atoms with Crippen molar-refractivity contribution in [2.75, 3.05) is 0 Å². The molecular formula is C12H12IN2O. The molecule has 0 amide bonds. The van der Waals surface area contributed by atoms with Crippen LogP contribution in [-0.4, -0.2) is 21.0 Å². The molecule has 0 aliphatic rings. The first-order chi connectivity index (χ1) is 7.68. The number of aliphatic hydroxyl groups is 1. The molecule has 4 heteroatoms. The van der Waals surface area contributed by atoms with Gasteiger partial charge < -0.3 is 5.11 Å². The van der Waals surface area contributed by atoms with Crippen LogP contribution in [-0.2, 0) is 0 Å². The van der Waals surface area contributed by atoms with Gasteiger partial charge in [0, 0.05) is 6.20 Å². The molecule has 1 aromatic carbocycles. The van der Waals surface area contributed by atoms with E-state index < -0.39 is 6.10 Å². The van der Waals surface area contributed by atoms with E-state index in [1.165, 1.54) is 0 Å². The maximum atomic E-state index is 9.75. The number of hydrogen-bond acceptors (Lipinski definition) is 2. The number of halogens is 1. The maximum absolute atomic E-state index is 9.75. The Morgan fingerprint density at radius 2 is 1.94 bits per heavy atom. The van der Waals surface area contributed by atoms with Crippen molar-refractivity contribution in [3.63, 3.8) is 0 Å². The van der Waals surface area contributed by atoms with Crippen LogP contribution in [0.3, 0.4) is 0 Å². The maximum Gasteiger partial charge on any atom is 0.123 e. The molecule has 1 heterocycles. The van der Waals surface area contributed by atoms with Crippen LogP contribution in [0.1, 0.15) is 11.6 Å². The van der Waals surface area contributed by atoms with Crippen LogP contribution in [0, 0.1) is 10.6 Å². The number of benzene rings is 1. The Balaban J connectivity index is 2.39. The Morgan fingerprint density at radius 1 is 1.25 bits per heavy atom. The van der Waals surface area contributed by atoms with Crippen molar-refractivity contribution in [1.82, 2.24) is 9.78 Å². The second kappa shape index (κ2) is 4.97. The Labute approximate surface area is 108 Å². The topological polar surface area (TPSA) is 38.0 Å². The minimum Gasteiger partial charge on any atom is -0.391 e. The van der Waals surface area contributed by atoms with E-state index in [4.69, 9.17) is 0 Å². The van der Waals surface area contributed by atoms with Gasteiger partial charge in [-0.25, -0.2) is 0 Å². The molecule has 16 heavy (non-hydrogen) atoms. The molecule has 2 aromatic rings. The summed E-state index contributed by atoms with van der Waals surface area (Å²) in [5.74, 6) is 0. The van der Waals surface area contributed by atoms with Gasteiger partial charge in [0.25, 0.3) is 0 Å². The molecule has 1 radical (unpaired) electrons. The lowest BCUT2D eigenvalue weighted by molar-refractivity contribution is 0.166. The van der Waals surface area contributed by atoms with E-state index in [1.54, 1.807) is 4.68 Å². The molecule has 0 saturated heterocycles. The Morgan fingerprint density at radius 3 is 2.44 bits per heavy atom. The first kappa shape index (κ1) is 11.6. The van der Waals surface area contributed by atoms with Crippen molar-refractivity contribution in [2.24, 2.45) is 0 Å². The summed E-state index contributed by atoms with van der Waals surface area (Å²) >= 11 is 2.14. The van der Waals surface area contributed by atoms with Crippen LogP contribution in [0.2, 0.25) is 0 Å². The molecule has 3 nitrogen and oxygen atoms in total. The molecule has 1 aromatic heterocycles. The first-order valence-corrected chi connectivity index (χ1v) is 6.03. The Hall–Kier alpha value is -0.880. The lowest BCUT2D eigenvalue weighted by Crippen LogP contribution is -2.23. The van der Waals surface area contributed by atoms with E-state index >= 15 is 0 Å². The molecule has 0 bridgehead atoms. The second-order valence-corrected chi connectivity index (χ2v) is 4.65. The van der Waals surface area contributed by atoms with E-state index in [2.05, 4.69) is 34.6 Å². The lowest BCUT2D eigenvalue weighted by atomic mass is 10.0. The van der Waals surface area contributed by atoms with Crippen LogP contribution < -0.4 is 0 Å². The van der Waals surface area contributed by atoms with E-state index in [0.29, 0.717) is 0 Å². The van der Waals surface area contributed by atoms with Gasteiger partial charge in [0.05, 0.1) is 6.10 Å². The zero-order valence-electron chi connectivity index (χ0n) is 8.62. The molecule has 1 N–H and O–H groups in total. The predicted octanol–water partition coefficient (Wildman–Crippen LogP) is 2.27. The fourth-order valence-corrected chi connectivity index (χ4v) is 2.08. The van der Waals surface area contributed by atoms with Gasteiger partial charge in [-0.2, -0.15) is 5.10 Å². The largest absolute Gasteiger partial charge is 0.391 e. The van der Waals surface area contributed by atoms with Crippen molar-refractivity contribution in [2.45, 2.75) is 12.1 Å². The molecule has 0 fully saturated rings. The predicted molar refractivity (Wildman–Crippen MR) is 70.9 cm³/mol. The highest BCUT2D eigenvalue weighted by Crippen LogP contribution is 2.21. The number of aromatic nitrogens is 2. The smallest absolute Gasteiger partial charge is 0.123 e. The molecule has 2 atom stereocenters. The van der Waals surface area contributed by atoms with E-state index in [0.717, 1.165) is 9.26 Å². The number of rotatable bonds is 3. The van der Waals surface area contributed by atoms with Crippen molar-refractivity contribution < 1.29 is 5.11 Å². The fourth-order valence-electron chi connectivity index (χ4n) is 1.67. The summed E-state index contributed by atoms with van der Waals surface area (Å²) in [7, 11) is 0. The van der Waals surface area contributed by atoms with Gasteiger partial charge in [0.1, 0.15) is 9.74 Å². The summed E-state index contributed by atoms with van der Waals surface area (Å²) in [6.07, 6.45) is 1.13. The van der Waals surface area contributed by atoms with Crippen molar-refractivity contribution in [3.05, 3.63) is 58.8 Å². The van der Waals surface area contributed by atoms with Crippen molar-refractivity contribution in [1.29, 1.82) is 0 Å². The summed E-state index contributed by atoms with van der Waals surface area (Å²) in [6, 6.07) is 11.4. The van der Waals surface area contributed by atoms with Crippen LogP contribution in [0.5, 0.6) is 0 Å². The third-order valence-corrected chi connectivity index (χ3v) is 2.94. The zero-order valence-corrected chi connectivity index (χ0v) is 10.8. The third-order valence-electron chi connectivity index (χ3n) is 2.37. The quantitative estimate of drug-likeness (QED) is 0.879. The normalized spacial score (nSPS) is 14.7. The fraction of sp³-hybridized carbons (Fsp3) is 0.167. The van der Waals surface area contributed by atoms with E-state index in [-0.39, 0.29) is 6.04 Å². The first-order valence-electron chi connectivity index (χ1n) is 4.95. The average molecular weight is 327 g/mol. The standard InChI is InChI=1S/C12H12IN2O/c1-9(16)12(10-5-3-2-4-6-10)15-8-7-11(13)14-15/h2-9,12,16H,1H2. The van der Waals surface area contributed by atoms with Crippen LogP contribution >= 0.6 is 22.6 Å². The van der Waals surface area contributed by atoms with Crippen molar-refractivity contribution in [3.8, 4) is 0 Å². The minimum atomic E-state index is -0.724. The van der Waals surface area contributed by atoms with Gasteiger partial charge in [-0.05, 0) is 41.1 Å². The Kier molecular flexibility index (Phi) is 3.60. The molecule has 2 unspecified atom stereocenters. The monoisotopic (exact) mass is 327 g/mol. The zero-order chi connectivity index (χ0) is 11.5. The highest BCUT2D eigenvalue weighted by atomic mass is 127. The minimum absolute atomic E-state index is 0.232. The molecular weight excluding hydrogens is 315 g/mol. The molecule has 83 valence electrons. The SMILES string of the molecule is [CH2]C(O)C(c1ccccc1)n1ccc(I)n1. The van der Waals surface area contributed by atoms with Gasteiger partial charge in [0.2, 0.25) is 0 Å². The lowest BCUT2D eigenvalue weighted by Gasteiger charge is -2.20. The van der Waals surface area contributed by atoms with Gasteiger partial charge in [-0.1, -0.05) is 30.3 Å². The number of aliphatic hydroxyl groups excluding tert-OH is 1. The summed E-state index contributed by atoms with van der Waals surface area (Å²) in [5.41, 5.74) is 1.00. The highest BCUT2D eigenvalue weighted by Gasteiger charge is 2.19. The average Bonchev–Trinajstić information content (AvgIpc) is 2.66. The molecule has 0 aliphatic carbocycles. The Bertz CT molecular complexity index is 453. The number of hydrogen-bond donors (Lipinski definition) is 1. The van der Waals surface area contributed by atoms with Gasteiger partial charge >= 0.3 is 0 Å². The van der Waals surface area contributed by atoms with E-state index in [1.807, 2.05) is 42.6 Å². The van der Waals surface area contributed by atoms with Gasteiger partial charge in [0.15, 0.2) is 0 Å². The van der Waals surface area contributed by atoms with Crippen molar-refractivity contribution >= 4 is 22.6 Å². The van der Waals surface area contributed by atoms with Gasteiger partial charge in [-0.15, -0.1) is 0 Å². The summed E-state index contributed by atoms with van der Waals surface area (Å²) in [4.78, 5) is 0. The summed E-state index contributed by atoms with van der Waals surface area (Å²) in [5, 5.41) is 14.1. The third kappa shape index (κ3) is 2.44. The summed E-state index contributed by atoms with van der Waals surface area (Å²) in [6.45, 7) is 3.69. The molecule has 0 saturated carbocycles. The molecule has 0 spiro atoms. The number of nitrogens with zero attached hydrogens (tertiary/aromatic N) is 2. The van der Waals surface area contributed by atoms with Crippen LogP contribution in [0.25, 0.3) is 0 Å². The second-order valence-electron chi connectivity index (χ2n) is 3.54. The highest BCUT2D eigenvalue weighted by molar-refractivity contribution is 14.1. The molecule has 2 rings (SSSR count). The molecule has 0 aliphatic heterocycles. The van der Waals surface area contributed by atoms with Crippen LogP contribution in [0.4, 0.5) is 0 Å².